The van der Waals surface area contributed by atoms with Gasteiger partial charge in [0.1, 0.15) is 18.9 Å². The van der Waals surface area contributed by atoms with E-state index in [9.17, 15) is 41.4 Å². The van der Waals surface area contributed by atoms with Crippen LogP contribution in [-0.2, 0) is 41.7 Å². The molecule has 12 heteroatoms. The van der Waals surface area contributed by atoms with Crippen molar-refractivity contribution in [3.8, 4) is 11.1 Å². The van der Waals surface area contributed by atoms with Gasteiger partial charge in [0.2, 0.25) is 5.91 Å². The first kappa shape index (κ1) is 32.0. The van der Waals surface area contributed by atoms with Crippen molar-refractivity contribution < 1.29 is 36.6 Å². The molecule has 1 aromatic heterocycles. The molecule has 0 radical (unpaired) electrons. The monoisotopic (exact) mass is 635 g/mol. The van der Waals surface area contributed by atoms with Crippen LogP contribution >= 0.6 is 0 Å². The van der Waals surface area contributed by atoms with Gasteiger partial charge in [-0.1, -0.05) is 60.7 Å². The lowest BCUT2D eigenvalue weighted by atomic mass is 10.0. The largest absolute Gasteiger partial charge is 0.480 e. The molecule has 1 amide bonds. The van der Waals surface area contributed by atoms with Crippen molar-refractivity contribution in [2.45, 2.75) is 32.1 Å². The molecule has 0 aliphatic carbocycles. The number of fused-ring (bicyclic) bond motifs is 1. The molecule has 0 unspecified atom stereocenters. The molecule has 1 N–H and O–H groups in total. The Labute approximate surface area is 259 Å². The number of amides is 1. The Morgan fingerprint density at radius 3 is 2.13 bits per heavy atom. The minimum atomic E-state index is -4.46. The SMILES string of the molecule is O=C(O)CN(Cc1ccc(-c2ccc(C(F)(F)F)cc2)cc1)C(=O)Cn1c(CCc2cccc(F)c2F)nc(=O)c2ccccc21. The van der Waals surface area contributed by atoms with E-state index in [0.29, 0.717) is 22.2 Å². The maximum atomic E-state index is 14.3. The number of carboxylic acids is 1. The second kappa shape index (κ2) is 13.3. The molecular weight excluding hydrogens is 609 g/mol. The Bertz CT molecular complexity index is 1960. The minimum Gasteiger partial charge on any atom is -0.480 e. The van der Waals surface area contributed by atoms with Gasteiger partial charge in [0.15, 0.2) is 11.6 Å². The van der Waals surface area contributed by atoms with Gasteiger partial charge >= 0.3 is 12.1 Å². The second-order valence-corrected chi connectivity index (χ2v) is 10.6. The molecule has 0 aliphatic rings. The summed E-state index contributed by atoms with van der Waals surface area (Å²) in [5.41, 5.74) is 0.819. The van der Waals surface area contributed by atoms with Gasteiger partial charge < -0.3 is 14.6 Å². The van der Waals surface area contributed by atoms with E-state index in [1.54, 1.807) is 42.5 Å². The van der Waals surface area contributed by atoms with Gasteiger partial charge in [0.05, 0.1) is 16.5 Å². The summed E-state index contributed by atoms with van der Waals surface area (Å²) in [4.78, 5) is 43.4. The lowest BCUT2D eigenvalue weighted by Gasteiger charge is -2.23. The van der Waals surface area contributed by atoms with Crippen LogP contribution in [0, 0.1) is 11.6 Å². The number of halogens is 5. The Morgan fingerprint density at radius 1 is 0.826 bits per heavy atom. The van der Waals surface area contributed by atoms with Crippen molar-refractivity contribution in [2.75, 3.05) is 6.54 Å². The number of nitrogens with zero attached hydrogens (tertiary/aromatic N) is 3. The zero-order chi connectivity index (χ0) is 33.0. The first-order chi connectivity index (χ1) is 21.9. The Morgan fingerprint density at radius 2 is 1.48 bits per heavy atom. The van der Waals surface area contributed by atoms with E-state index in [1.807, 2.05) is 0 Å². The number of para-hydroxylation sites is 1. The van der Waals surface area contributed by atoms with E-state index in [2.05, 4.69) is 4.98 Å². The summed E-state index contributed by atoms with van der Waals surface area (Å²) in [7, 11) is 0. The molecule has 0 saturated carbocycles. The number of hydrogen-bond acceptors (Lipinski definition) is 4. The summed E-state index contributed by atoms with van der Waals surface area (Å²) in [5, 5.41) is 9.79. The topological polar surface area (TPSA) is 92.5 Å². The quantitative estimate of drug-likeness (QED) is 0.183. The van der Waals surface area contributed by atoms with Crippen LogP contribution in [0.3, 0.4) is 0 Å². The summed E-state index contributed by atoms with van der Waals surface area (Å²) in [5.74, 6) is -3.78. The van der Waals surface area contributed by atoms with Crippen LogP contribution in [0.1, 0.15) is 22.5 Å². The molecule has 4 aromatic carbocycles. The fraction of sp³-hybridized carbons (Fsp3) is 0.176. The molecule has 7 nitrogen and oxygen atoms in total. The number of aliphatic carboxylic acids is 1. The molecule has 5 rings (SSSR count). The predicted molar refractivity (Wildman–Crippen MR) is 160 cm³/mol. The van der Waals surface area contributed by atoms with Crippen molar-refractivity contribution in [1.29, 1.82) is 0 Å². The molecule has 0 bridgehead atoms. The number of rotatable bonds is 10. The number of carbonyl (C=O) groups excluding carboxylic acids is 1. The molecule has 5 aromatic rings. The van der Waals surface area contributed by atoms with Gasteiger partial charge in [-0.25, -0.2) is 8.78 Å². The van der Waals surface area contributed by atoms with E-state index in [1.165, 1.54) is 34.9 Å². The van der Waals surface area contributed by atoms with Gasteiger partial charge in [0, 0.05) is 13.0 Å². The lowest BCUT2D eigenvalue weighted by molar-refractivity contribution is -0.145. The van der Waals surface area contributed by atoms with Gasteiger partial charge in [-0.15, -0.1) is 0 Å². The second-order valence-electron chi connectivity index (χ2n) is 10.6. The number of benzene rings is 4. The number of aryl methyl sites for hydroxylation is 2. The minimum absolute atomic E-state index is 0.0158. The number of hydrogen-bond donors (Lipinski definition) is 1. The van der Waals surface area contributed by atoms with Crippen molar-refractivity contribution >= 4 is 22.8 Å². The molecule has 0 saturated heterocycles. The summed E-state index contributed by atoms with van der Waals surface area (Å²) in [6.07, 6.45) is -4.50. The normalized spacial score (nSPS) is 11.5. The molecule has 0 fully saturated rings. The van der Waals surface area contributed by atoms with Gasteiger partial charge in [-0.2, -0.15) is 18.2 Å². The number of carboxylic acid groups (broad SMARTS) is 1. The third-order valence-corrected chi connectivity index (χ3v) is 7.46. The van der Waals surface area contributed by atoms with Crippen molar-refractivity contribution in [3.05, 3.63) is 135 Å². The molecule has 0 aliphatic heterocycles. The summed E-state index contributed by atoms with van der Waals surface area (Å²) in [6, 6.07) is 21.4. The fourth-order valence-corrected chi connectivity index (χ4v) is 5.13. The van der Waals surface area contributed by atoms with E-state index in [4.69, 9.17) is 0 Å². The summed E-state index contributed by atoms with van der Waals surface area (Å²) < 4.78 is 68.4. The molecule has 236 valence electrons. The van der Waals surface area contributed by atoms with E-state index >= 15 is 0 Å². The summed E-state index contributed by atoms with van der Waals surface area (Å²) in [6.45, 7) is -1.14. The number of alkyl halides is 3. The first-order valence-corrected chi connectivity index (χ1v) is 14.1. The molecular formula is C34H26F5N3O4. The third-order valence-electron chi connectivity index (χ3n) is 7.46. The van der Waals surface area contributed by atoms with E-state index in [0.717, 1.165) is 23.1 Å². The summed E-state index contributed by atoms with van der Waals surface area (Å²) >= 11 is 0. The predicted octanol–water partition coefficient (Wildman–Crippen LogP) is 6.26. The van der Waals surface area contributed by atoms with Crippen LogP contribution < -0.4 is 5.56 Å². The standard InChI is InChI=1S/C34H26F5N3O4/c35-27-6-3-4-24(32(27)36)14-17-29-40-33(46)26-5-1-2-7-28(26)42(29)19-30(43)41(20-31(44)45)18-21-8-10-22(11-9-21)23-12-15-25(16-13-23)34(37,38)39/h1-13,15-16H,14,17-20H2,(H,44,45). The third kappa shape index (κ3) is 7.28. The first-order valence-electron chi connectivity index (χ1n) is 14.1. The highest BCUT2D eigenvalue weighted by atomic mass is 19.4. The molecule has 46 heavy (non-hydrogen) atoms. The smallest absolute Gasteiger partial charge is 0.416 e. The highest BCUT2D eigenvalue weighted by Crippen LogP contribution is 2.31. The molecule has 0 spiro atoms. The van der Waals surface area contributed by atoms with Gasteiger partial charge in [-0.3, -0.25) is 14.4 Å². The maximum absolute atomic E-state index is 14.3. The average molecular weight is 636 g/mol. The highest BCUT2D eigenvalue weighted by molar-refractivity contribution is 5.84. The lowest BCUT2D eigenvalue weighted by Crippen LogP contribution is -2.38. The molecule has 1 heterocycles. The zero-order valence-electron chi connectivity index (χ0n) is 24.1. The van der Waals surface area contributed by atoms with Gasteiger partial charge in [-0.05, 0) is 59.0 Å². The number of carbonyl (C=O) groups is 2. The van der Waals surface area contributed by atoms with Crippen LogP contribution in [0.15, 0.2) is 95.8 Å². The Hall–Kier alpha value is -5.39. The maximum Gasteiger partial charge on any atom is 0.416 e. The van der Waals surface area contributed by atoms with Crippen molar-refractivity contribution in [1.82, 2.24) is 14.5 Å². The van der Waals surface area contributed by atoms with Crippen molar-refractivity contribution in [3.63, 3.8) is 0 Å². The zero-order valence-corrected chi connectivity index (χ0v) is 24.1. The average Bonchev–Trinajstić information content (AvgIpc) is 3.03. The Balaban J connectivity index is 1.40. The van der Waals surface area contributed by atoms with E-state index in [-0.39, 0.29) is 36.2 Å². The van der Waals surface area contributed by atoms with Crippen LogP contribution in [0.25, 0.3) is 22.0 Å². The Kier molecular flexibility index (Phi) is 9.26. The molecule has 0 atom stereocenters. The number of aromatic nitrogens is 2. The van der Waals surface area contributed by atoms with Crippen LogP contribution in [-0.4, -0.2) is 38.0 Å². The van der Waals surface area contributed by atoms with Crippen LogP contribution in [0.5, 0.6) is 0 Å². The van der Waals surface area contributed by atoms with Crippen LogP contribution in [0.4, 0.5) is 22.0 Å². The van der Waals surface area contributed by atoms with E-state index < -0.39 is 53.9 Å². The van der Waals surface area contributed by atoms with Gasteiger partial charge in [0.25, 0.3) is 5.56 Å². The van der Waals surface area contributed by atoms with Crippen LogP contribution in [0.2, 0.25) is 0 Å². The fourth-order valence-electron chi connectivity index (χ4n) is 5.13. The highest BCUT2D eigenvalue weighted by Gasteiger charge is 2.30. The van der Waals surface area contributed by atoms with Crippen molar-refractivity contribution in [2.24, 2.45) is 0 Å².